The summed E-state index contributed by atoms with van der Waals surface area (Å²) in [5.41, 5.74) is 6.40. The summed E-state index contributed by atoms with van der Waals surface area (Å²) < 4.78 is 10.8. The normalized spacial score (nSPS) is 10.7. The van der Waals surface area contributed by atoms with Crippen molar-refractivity contribution in [2.45, 2.75) is 13.2 Å². The van der Waals surface area contributed by atoms with Gasteiger partial charge in [0.15, 0.2) is 0 Å². The maximum Gasteiger partial charge on any atom is 0.139 e. The number of hydrogen-bond donors (Lipinski definition) is 1. The summed E-state index contributed by atoms with van der Waals surface area (Å²) in [6.07, 6.45) is 1.57. The van der Waals surface area contributed by atoms with E-state index in [0.29, 0.717) is 39.7 Å². The Hall–Kier alpha value is -0.870. The van der Waals surface area contributed by atoms with Crippen LogP contribution < -0.4 is 10.5 Å². The average molecular weight is 307 g/mol. The summed E-state index contributed by atoms with van der Waals surface area (Å²) in [6, 6.07) is 4.92. The largest absolute Gasteiger partial charge is 0.487 e. The molecule has 1 aromatic heterocycles. The fourth-order valence-corrected chi connectivity index (χ4v) is 2.04. The number of hydrogen-bond acceptors (Lipinski definition) is 3. The maximum atomic E-state index is 6.00. The molecule has 0 atom stereocenters. The van der Waals surface area contributed by atoms with Gasteiger partial charge in [-0.3, -0.25) is 0 Å². The van der Waals surface area contributed by atoms with Gasteiger partial charge in [-0.05, 0) is 12.1 Å². The first kappa shape index (κ1) is 13.6. The molecule has 2 N–H and O–H groups in total. The van der Waals surface area contributed by atoms with E-state index in [0.717, 1.165) is 5.56 Å². The van der Waals surface area contributed by atoms with Crippen LogP contribution in [0, 0.1) is 0 Å². The molecule has 1 heterocycles. The molecule has 0 radical (unpaired) electrons. The van der Waals surface area contributed by atoms with Crippen LogP contribution in [-0.2, 0) is 13.2 Å². The van der Waals surface area contributed by atoms with Crippen LogP contribution in [-0.4, -0.2) is 0 Å². The highest BCUT2D eigenvalue weighted by Gasteiger charge is 2.09. The van der Waals surface area contributed by atoms with Crippen LogP contribution >= 0.6 is 34.8 Å². The SMILES string of the molecule is NCc1occc1COc1cc(Cl)c(Cl)cc1Cl. The Labute approximate surface area is 119 Å². The molecule has 6 heteroatoms. The van der Waals surface area contributed by atoms with Gasteiger partial charge in [-0.2, -0.15) is 0 Å². The van der Waals surface area contributed by atoms with Crippen molar-refractivity contribution in [2.75, 3.05) is 0 Å². The van der Waals surface area contributed by atoms with Crippen LogP contribution in [0.25, 0.3) is 0 Å². The molecule has 0 aliphatic heterocycles. The second kappa shape index (κ2) is 5.85. The van der Waals surface area contributed by atoms with Crippen molar-refractivity contribution in [3.63, 3.8) is 0 Å². The minimum absolute atomic E-state index is 0.306. The maximum absolute atomic E-state index is 6.00. The Kier molecular flexibility index (Phi) is 4.40. The molecule has 0 aliphatic carbocycles. The molecule has 0 aliphatic rings. The summed E-state index contributed by atoms with van der Waals surface area (Å²) in [5.74, 6) is 1.15. The van der Waals surface area contributed by atoms with E-state index in [9.17, 15) is 0 Å². The molecule has 0 unspecified atom stereocenters. The molecule has 1 aromatic carbocycles. The van der Waals surface area contributed by atoms with Crippen molar-refractivity contribution < 1.29 is 9.15 Å². The van der Waals surface area contributed by atoms with Gasteiger partial charge in [-0.25, -0.2) is 0 Å². The topological polar surface area (TPSA) is 48.4 Å². The third-order valence-corrected chi connectivity index (χ3v) is 3.40. The first-order valence-corrected chi connectivity index (χ1v) is 6.28. The van der Waals surface area contributed by atoms with Gasteiger partial charge in [0.2, 0.25) is 0 Å². The molecule has 0 amide bonds. The van der Waals surface area contributed by atoms with Crippen LogP contribution in [0.4, 0.5) is 0 Å². The highest BCUT2D eigenvalue weighted by Crippen LogP contribution is 2.34. The molecule has 0 saturated heterocycles. The second-order valence-electron chi connectivity index (χ2n) is 3.56. The zero-order valence-electron chi connectivity index (χ0n) is 9.25. The Bertz CT molecular complexity index is 554. The van der Waals surface area contributed by atoms with Crippen molar-refractivity contribution in [1.82, 2.24) is 0 Å². The molecule has 96 valence electrons. The number of nitrogens with two attached hydrogens (primary N) is 1. The smallest absolute Gasteiger partial charge is 0.139 e. The van der Waals surface area contributed by atoms with E-state index < -0.39 is 0 Å². The van der Waals surface area contributed by atoms with Crippen molar-refractivity contribution >= 4 is 34.8 Å². The van der Waals surface area contributed by atoms with E-state index in [-0.39, 0.29) is 0 Å². The summed E-state index contributed by atoms with van der Waals surface area (Å²) >= 11 is 17.7. The summed E-state index contributed by atoms with van der Waals surface area (Å²) in [4.78, 5) is 0. The van der Waals surface area contributed by atoms with Gasteiger partial charge in [0.05, 0.1) is 27.9 Å². The predicted octanol–water partition coefficient (Wildman–Crippen LogP) is 4.28. The fourth-order valence-electron chi connectivity index (χ4n) is 1.45. The zero-order valence-corrected chi connectivity index (χ0v) is 11.5. The van der Waals surface area contributed by atoms with Gasteiger partial charge in [0.25, 0.3) is 0 Å². The quantitative estimate of drug-likeness (QED) is 0.858. The number of ether oxygens (including phenoxy) is 1. The van der Waals surface area contributed by atoms with Gasteiger partial charge in [0, 0.05) is 11.6 Å². The van der Waals surface area contributed by atoms with Crippen molar-refractivity contribution in [1.29, 1.82) is 0 Å². The van der Waals surface area contributed by atoms with Gasteiger partial charge in [0.1, 0.15) is 18.1 Å². The van der Waals surface area contributed by atoms with Gasteiger partial charge in [-0.15, -0.1) is 0 Å². The number of halogens is 3. The van der Waals surface area contributed by atoms with E-state index in [4.69, 9.17) is 49.7 Å². The molecule has 2 rings (SSSR count). The molecule has 3 nitrogen and oxygen atoms in total. The van der Waals surface area contributed by atoms with Crippen molar-refractivity contribution in [3.8, 4) is 5.75 Å². The summed E-state index contributed by atoms with van der Waals surface area (Å²) in [5, 5.41) is 1.18. The molecular weight excluding hydrogens is 296 g/mol. The standard InChI is InChI=1S/C12H10Cl3NO2/c13-8-3-10(15)11(4-9(8)14)18-6-7-1-2-17-12(7)5-16/h1-4H,5-6,16H2. The van der Waals surface area contributed by atoms with Crippen molar-refractivity contribution in [3.05, 3.63) is 50.9 Å². The van der Waals surface area contributed by atoms with E-state index in [1.165, 1.54) is 0 Å². The lowest BCUT2D eigenvalue weighted by molar-refractivity contribution is 0.302. The average Bonchev–Trinajstić information content (AvgIpc) is 2.79. The fraction of sp³-hybridized carbons (Fsp3) is 0.167. The van der Waals surface area contributed by atoms with E-state index in [1.54, 1.807) is 24.5 Å². The lowest BCUT2D eigenvalue weighted by Gasteiger charge is -2.09. The van der Waals surface area contributed by atoms with Gasteiger partial charge < -0.3 is 14.9 Å². The molecule has 2 aromatic rings. The molecule has 0 fully saturated rings. The van der Waals surface area contributed by atoms with E-state index in [1.807, 2.05) is 0 Å². The minimum atomic E-state index is 0.306. The van der Waals surface area contributed by atoms with E-state index in [2.05, 4.69) is 0 Å². The van der Waals surface area contributed by atoms with Crippen LogP contribution in [0.2, 0.25) is 15.1 Å². The molecular formula is C12H10Cl3NO2. The minimum Gasteiger partial charge on any atom is -0.487 e. The molecule has 18 heavy (non-hydrogen) atoms. The molecule has 0 spiro atoms. The Balaban J connectivity index is 2.13. The Morgan fingerprint density at radius 2 is 1.83 bits per heavy atom. The molecule has 0 bridgehead atoms. The van der Waals surface area contributed by atoms with Gasteiger partial charge in [-0.1, -0.05) is 34.8 Å². The second-order valence-corrected chi connectivity index (χ2v) is 4.78. The molecule has 0 saturated carbocycles. The van der Waals surface area contributed by atoms with Gasteiger partial charge >= 0.3 is 0 Å². The van der Waals surface area contributed by atoms with Crippen LogP contribution in [0.3, 0.4) is 0 Å². The van der Waals surface area contributed by atoms with Crippen LogP contribution in [0.1, 0.15) is 11.3 Å². The number of benzene rings is 1. The third kappa shape index (κ3) is 2.93. The Morgan fingerprint density at radius 1 is 1.11 bits per heavy atom. The predicted molar refractivity (Wildman–Crippen MR) is 72.4 cm³/mol. The van der Waals surface area contributed by atoms with Crippen LogP contribution in [0.5, 0.6) is 5.75 Å². The number of rotatable bonds is 4. The van der Waals surface area contributed by atoms with Crippen molar-refractivity contribution in [2.24, 2.45) is 5.73 Å². The van der Waals surface area contributed by atoms with Crippen LogP contribution in [0.15, 0.2) is 28.9 Å². The first-order valence-electron chi connectivity index (χ1n) is 5.14. The lowest BCUT2D eigenvalue weighted by Crippen LogP contribution is -2.02. The summed E-state index contributed by atoms with van der Waals surface area (Å²) in [7, 11) is 0. The Morgan fingerprint density at radius 3 is 2.56 bits per heavy atom. The third-order valence-electron chi connectivity index (χ3n) is 2.38. The number of furan rings is 1. The van der Waals surface area contributed by atoms with E-state index >= 15 is 0 Å². The zero-order chi connectivity index (χ0) is 13.1. The monoisotopic (exact) mass is 305 g/mol. The highest BCUT2D eigenvalue weighted by atomic mass is 35.5. The highest BCUT2D eigenvalue weighted by molar-refractivity contribution is 6.43. The summed E-state index contributed by atoms with van der Waals surface area (Å²) in [6.45, 7) is 0.627. The first-order chi connectivity index (χ1) is 8.61. The lowest BCUT2D eigenvalue weighted by atomic mass is 10.2.